The van der Waals surface area contributed by atoms with Gasteiger partial charge in [-0.05, 0) is 28.0 Å². The number of anilines is 1. The average Bonchev–Trinajstić information content (AvgIpc) is 2.83. The van der Waals surface area contributed by atoms with E-state index in [-0.39, 0.29) is 0 Å². The number of hydrogen-bond acceptors (Lipinski definition) is 5. The van der Waals surface area contributed by atoms with Crippen LogP contribution in [0.3, 0.4) is 0 Å². The minimum atomic E-state index is -1.51. The highest BCUT2D eigenvalue weighted by Gasteiger charge is 2.27. The van der Waals surface area contributed by atoms with Gasteiger partial charge in [-0.15, -0.1) is 0 Å². The normalized spacial score (nSPS) is 11.5. The Kier molecular flexibility index (Phi) is 6.88. The first kappa shape index (κ1) is 22.1. The van der Waals surface area contributed by atoms with Crippen LogP contribution in [0.4, 0.5) is 5.69 Å². The third-order valence-corrected chi connectivity index (χ3v) is 5.28. The summed E-state index contributed by atoms with van der Waals surface area (Å²) in [5.74, 6) is -1.10. The third-order valence-electron chi connectivity index (χ3n) is 5.28. The van der Waals surface area contributed by atoms with Gasteiger partial charge in [0.25, 0.3) is 0 Å². The molecule has 0 aliphatic heterocycles. The smallest absolute Gasteiger partial charge is 0.423 e. The highest BCUT2D eigenvalue weighted by molar-refractivity contribution is 6.58. The van der Waals surface area contributed by atoms with Crippen LogP contribution in [0.2, 0.25) is 0 Å². The molecule has 0 radical (unpaired) electrons. The predicted molar refractivity (Wildman–Crippen MR) is 128 cm³/mol. The molecule has 4 aromatic rings. The Bertz CT molecular complexity index is 1110. The van der Waals surface area contributed by atoms with Crippen LogP contribution in [0.1, 0.15) is 18.1 Å². The number of benzene rings is 4. The topological polar surface area (TPSA) is 71.0 Å². The van der Waals surface area contributed by atoms with Crippen LogP contribution in [0.25, 0.3) is 10.8 Å². The largest absolute Gasteiger partial charge is 0.488 e. The fourth-order valence-corrected chi connectivity index (χ4v) is 3.52. The van der Waals surface area contributed by atoms with Gasteiger partial charge in [0, 0.05) is 18.0 Å². The van der Waals surface area contributed by atoms with Crippen molar-refractivity contribution >= 4 is 29.0 Å². The van der Waals surface area contributed by atoms with Crippen LogP contribution in [0, 0.1) is 0 Å². The monoisotopic (exact) mass is 427 g/mol. The molecule has 0 aliphatic carbocycles. The van der Waals surface area contributed by atoms with Crippen molar-refractivity contribution in [2.24, 2.45) is 0 Å². The lowest BCUT2D eigenvalue weighted by Crippen LogP contribution is -2.41. The molecule has 0 aliphatic rings. The maximum atomic E-state index is 9.50. The summed E-state index contributed by atoms with van der Waals surface area (Å²) in [5.41, 5.74) is 3.36. The summed E-state index contributed by atoms with van der Waals surface area (Å²) >= 11 is 0. The van der Waals surface area contributed by atoms with Gasteiger partial charge >= 0.3 is 7.12 Å². The summed E-state index contributed by atoms with van der Waals surface area (Å²) in [5, 5.41) is 24.2. The Labute approximate surface area is 188 Å². The first-order chi connectivity index (χ1) is 15.5. The van der Waals surface area contributed by atoms with Gasteiger partial charge < -0.3 is 24.8 Å². The lowest BCUT2D eigenvalue weighted by Gasteiger charge is -2.32. The molecule has 0 amide bonds. The zero-order valence-corrected chi connectivity index (χ0v) is 17.9. The molecule has 4 aromatic carbocycles. The second kappa shape index (κ2) is 9.98. The van der Waals surface area contributed by atoms with Crippen molar-refractivity contribution in [2.45, 2.75) is 26.0 Å². The van der Waals surface area contributed by atoms with Crippen molar-refractivity contribution in [2.75, 3.05) is 5.32 Å². The number of nitrogens with one attached hydrogen (secondary N) is 1. The third kappa shape index (κ3) is 5.55. The van der Waals surface area contributed by atoms with Crippen LogP contribution in [-0.4, -0.2) is 23.1 Å². The average molecular weight is 427 g/mol. The molecule has 5 nitrogen and oxygen atoms in total. The van der Waals surface area contributed by atoms with Crippen LogP contribution in [0.15, 0.2) is 97.1 Å². The molecular weight excluding hydrogens is 401 g/mol. The molecule has 0 saturated heterocycles. The Hall–Kier alpha value is -3.16. The van der Waals surface area contributed by atoms with E-state index < -0.39 is 13.0 Å². The first-order valence-electron chi connectivity index (χ1n) is 10.6. The standard InChI is InChI=1S/C26H26BNO4/c1-26(31-18-20-9-4-2-5-10-20,32-19-21-11-6-3-7-12-21)28-25-14-8-13-22-17-23(27(29)30)15-16-24(22)25/h2-17,28-30H,18-19H2,1H3. The van der Waals surface area contributed by atoms with Crippen LogP contribution < -0.4 is 10.8 Å². The summed E-state index contributed by atoms with van der Waals surface area (Å²) in [6, 6.07) is 31.0. The number of fused-ring (bicyclic) bond motifs is 1. The molecule has 0 spiro atoms. The summed E-state index contributed by atoms with van der Waals surface area (Å²) < 4.78 is 12.5. The van der Waals surface area contributed by atoms with Gasteiger partial charge in [-0.3, -0.25) is 0 Å². The lowest BCUT2D eigenvalue weighted by atomic mass is 9.79. The molecule has 162 valence electrons. The zero-order valence-electron chi connectivity index (χ0n) is 17.9. The van der Waals surface area contributed by atoms with E-state index in [0.29, 0.717) is 18.7 Å². The molecule has 4 rings (SSSR count). The summed E-state index contributed by atoms with van der Waals surface area (Å²) in [6.45, 7) is 2.62. The van der Waals surface area contributed by atoms with Gasteiger partial charge in [0.05, 0.1) is 13.2 Å². The van der Waals surface area contributed by atoms with E-state index in [1.54, 1.807) is 12.1 Å². The van der Waals surface area contributed by atoms with E-state index in [2.05, 4.69) is 5.32 Å². The minimum absolute atomic E-state index is 0.380. The molecule has 0 atom stereocenters. The van der Waals surface area contributed by atoms with Gasteiger partial charge in [0.1, 0.15) is 0 Å². The van der Waals surface area contributed by atoms with Gasteiger partial charge in [-0.25, -0.2) is 0 Å². The Morgan fingerprint density at radius 2 is 1.34 bits per heavy atom. The van der Waals surface area contributed by atoms with Crippen LogP contribution in [-0.2, 0) is 22.7 Å². The van der Waals surface area contributed by atoms with E-state index >= 15 is 0 Å². The quantitative estimate of drug-likeness (QED) is 0.278. The molecule has 32 heavy (non-hydrogen) atoms. The predicted octanol–water partition coefficient (Wildman–Crippen LogP) is 4.04. The molecule has 0 saturated carbocycles. The molecule has 0 heterocycles. The van der Waals surface area contributed by atoms with Crippen molar-refractivity contribution in [3.63, 3.8) is 0 Å². The molecular formula is C26H26BNO4. The molecule has 0 aromatic heterocycles. The minimum Gasteiger partial charge on any atom is -0.423 e. The zero-order chi connectivity index (χ0) is 22.4. The molecule has 0 unspecified atom stereocenters. The number of rotatable bonds is 9. The van der Waals surface area contributed by atoms with E-state index in [9.17, 15) is 10.0 Å². The Morgan fingerprint density at radius 3 is 1.91 bits per heavy atom. The van der Waals surface area contributed by atoms with Crippen molar-refractivity contribution in [3.8, 4) is 0 Å². The summed E-state index contributed by atoms with van der Waals surface area (Å²) in [7, 11) is -1.51. The SMILES string of the molecule is CC(Nc1cccc2cc(B(O)O)ccc12)(OCc1ccccc1)OCc1ccccc1. The van der Waals surface area contributed by atoms with Crippen LogP contribution in [0.5, 0.6) is 0 Å². The summed E-state index contributed by atoms with van der Waals surface area (Å²) in [4.78, 5) is 0. The number of hydrogen-bond donors (Lipinski definition) is 3. The highest BCUT2D eigenvalue weighted by atomic mass is 16.7. The lowest BCUT2D eigenvalue weighted by molar-refractivity contribution is -0.219. The number of ether oxygens (including phenoxy) is 2. The Balaban J connectivity index is 1.60. The molecule has 3 N–H and O–H groups in total. The van der Waals surface area contributed by atoms with Gasteiger partial charge in [-0.2, -0.15) is 0 Å². The fourth-order valence-electron chi connectivity index (χ4n) is 3.52. The van der Waals surface area contributed by atoms with Gasteiger partial charge in [0.2, 0.25) is 5.91 Å². The van der Waals surface area contributed by atoms with Crippen molar-refractivity contribution in [1.82, 2.24) is 0 Å². The van der Waals surface area contributed by atoms with E-state index in [4.69, 9.17) is 9.47 Å². The van der Waals surface area contributed by atoms with Gasteiger partial charge in [0.15, 0.2) is 0 Å². The van der Waals surface area contributed by atoms with Crippen molar-refractivity contribution < 1.29 is 19.5 Å². The van der Waals surface area contributed by atoms with Crippen molar-refractivity contribution in [1.29, 1.82) is 0 Å². The first-order valence-corrected chi connectivity index (χ1v) is 10.6. The fraction of sp³-hybridized carbons (Fsp3) is 0.154. The second-order valence-corrected chi connectivity index (χ2v) is 7.78. The Morgan fingerprint density at radius 1 is 0.750 bits per heavy atom. The second-order valence-electron chi connectivity index (χ2n) is 7.78. The van der Waals surface area contributed by atoms with E-state index in [1.807, 2.05) is 91.9 Å². The maximum Gasteiger partial charge on any atom is 0.488 e. The van der Waals surface area contributed by atoms with Crippen molar-refractivity contribution in [3.05, 3.63) is 108 Å². The summed E-state index contributed by atoms with van der Waals surface area (Å²) in [6.07, 6.45) is 0. The van der Waals surface area contributed by atoms with Crippen LogP contribution >= 0.6 is 0 Å². The van der Waals surface area contributed by atoms with Gasteiger partial charge in [-0.1, -0.05) is 91.0 Å². The highest BCUT2D eigenvalue weighted by Crippen LogP contribution is 2.28. The molecule has 0 fully saturated rings. The van der Waals surface area contributed by atoms with E-state index in [1.165, 1.54) is 0 Å². The molecule has 6 heteroatoms. The molecule has 0 bridgehead atoms. The van der Waals surface area contributed by atoms with E-state index in [0.717, 1.165) is 27.6 Å². The maximum absolute atomic E-state index is 9.50.